The van der Waals surface area contributed by atoms with Crippen LogP contribution in [-0.4, -0.2) is 4.98 Å². The molecule has 1 aliphatic carbocycles. The van der Waals surface area contributed by atoms with Gasteiger partial charge in [0.25, 0.3) is 0 Å². The predicted octanol–water partition coefficient (Wildman–Crippen LogP) is 9.75. The van der Waals surface area contributed by atoms with Gasteiger partial charge in [0.2, 0.25) is 0 Å². The van der Waals surface area contributed by atoms with Gasteiger partial charge in [0.15, 0.2) is 0 Å². The quantitative estimate of drug-likeness (QED) is 0.208. The van der Waals surface area contributed by atoms with Crippen LogP contribution in [0.15, 0.2) is 54.7 Å². The summed E-state index contributed by atoms with van der Waals surface area (Å²) in [6.07, 6.45) is 27.1. The van der Waals surface area contributed by atoms with Crippen molar-refractivity contribution in [1.82, 2.24) is 4.98 Å². The van der Waals surface area contributed by atoms with Crippen molar-refractivity contribution in [3.63, 3.8) is 0 Å². The van der Waals surface area contributed by atoms with Gasteiger partial charge in [-0.15, -0.1) is 0 Å². The normalized spacial score (nSPS) is 18.7. The standard InChI is InChI=1S/C32H47N/c1-3-5-7-9-15-30-22-25-32(33-26-30)31-23-20-29(21-24-31)14-11-10-13-28-18-16-27(17-19-28)12-8-6-4-2/h10,13,20-28H,3-9,11-12,14-19H2,1-2H3/b13-10+/t27-,28-. The van der Waals surface area contributed by atoms with E-state index in [1.54, 1.807) is 0 Å². The fourth-order valence-corrected chi connectivity index (χ4v) is 5.23. The number of nitrogens with zero attached hydrogens (tertiary/aromatic N) is 1. The smallest absolute Gasteiger partial charge is 0.0702 e. The molecule has 33 heavy (non-hydrogen) atoms. The molecule has 1 aliphatic rings. The average molecular weight is 446 g/mol. The zero-order chi connectivity index (χ0) is 23.1. The third-order valence-corrected chi connectivity index (χ3v) is 7.51. The number of hydrogen-bond donors (Lipinski definition) is 0. The number of aromatic nitrogens is 1. The third-order valence-electron chi connectivity index (χ3n) is 7.51. The fourth-order valence-electron chi connectivity index (χ4n) is 5.23. The van der Waals surface area contributed by atoms with Gasteiger partial charge in [0.05, 0.1) is 5.69 Å². The number of pyridine rings is 1. The Morgan fingerprint density at radius 1 is 0.758 bits per heavy atom. The van der Waals surface area contributed by atoms with Crippen molar-refractivity contribution >= 4 is 0 Å². The van der Waals surface area contributed by atoms with Gasteiger partial charge in [-0.2, -0.15) is 0 Å². The van der Waals surface area contributed by atoms with E-state index in [-0.39, 0.29) is 0 Å². The number of aryl methyl sites for hydroxylation is 2. The molecule has 0 atom stereocenters. The molecular weight excluding hydrogens is 398 g/mol. The van der Waals surface area contributed by atoms with Crippen LogP contribution in [0.1, 0.15) is 108 Å². The Labute approximate surface area is 204 Å². The molecule has 1 saturated carbocycles. The summed E-state index contributed by atoms with van der Waals surface area (Å²) in [6, 6.07) is 13.5. The predicted molar refractivity (Wildman–Crippen MR) is 145 cm³/mol. The summed E-state index contributed by atoms with van der Waals surface area (Å²) in [6.45, 7) is 4.57. The van der Waals surface area contributed by atoms with Crippen LogP contribution in [0.25, 0.3) is 11.3 Å². The first-order chi connectivity index (χ1) is 16.3. The van der Waals surface area contributed by atoms with Gasteiger partial charge in [-0.3, -0.25) is 4.98 Å². The monoisotopic (exact) mass is 445 g/mol. The van der Waals surface area contributed by atoms with Crippen molar-refractivity contribution < 1.29 is 0 Å². The minimum atomic E-state index is 0.829. The Morgan fingerprint density at radius 2 is 1.48 bits per heavy atom. The lowest BCUT2D eigenvalue weighted by atomic mass is 9.79. The summed E-state index contributed by atoms with van der Waals surface area (Å²) in [4.78, 5) is 4.72. The lowest BCUT2D eigenvalue weighted by Gasteiger charge is -2.26. The van der Waals surface area contributed by atoms with E-state index in [2.05, 4.69) is 68.6 Å². The molecule has 3 rings (SSSR count). The van der Waals surface area contributed by atoms with Crippen LogP contribution in [0.3, 0.4) is 0 Å². The van der Waals surface area contributed by atoms with Crippen LogP contribution in [0, 0.1) is 11.8 Å². The molecular formula is C32H47N. The molecule has 1 nitrogen and oxygen atoms in total. The zero-order valence-electron chi connectivity index (χ0n) is 21.4. The van der Waals surface area contributed by atoms with E-state index in [1.807, 2.05) is 0 Å². The summed E-state index contributed by atoms with van der Waals surface area (Å²) in [5, 5.41) is 0. The van der Waals surface area contributed by atoms with Gasteiger partial charge in [0.1, 0.15) is 0 Å². The minimum absolute atomic E-state index is 0.829. The lowest BCUT2D eigenvalue weighted by Crippen LogP contribution is -2.13. The fraction of sp³-hybridized carbons (Fsp3) is 0.594. The summed E-state index contributed by atoms with van der Waals surface area (Å²) < 4.78 is 0. The number of unbranched alkanes of at least 4 members (excludes halogenated alkanes) is 5. The first-order valence-electron chi connectivity index (χ1n) is 14.0. The highest BCUT2D eigenvalue weighted by atomic mass is 14.7. The van der Waals surface area contributed by atoms with Crippen LogP contribution in [0.5, 0.6) is 0 Å². The van der Waals surface area contributed by atoms with E-state index in [4.69, 9.17) is 4.98 Å². The van der Waals surface area contributed by atoms with Crippen molar-refractivity contribution in [1.29, 1.82) is 0 Å². The number of hydrogen-bond acceptors (Lipinski definition) is 1. The maximum absolute atomic E-state index is 4.72. The Bertz CT molecular complexity index is 778. The second kappa shape index (κ2) is 15.1. The first kappa shape index (κ1) is 25.7. The van der Waals surface area contributed by atoms with Crippen LogP contribution < -0.4 is 0 Å². The lowest BCUT2D eigenvalue weighted by molar-refractivity contribution is 0.289. The Balaban J connectivity index is 1.36. The van der Waals surface area contributed by atoms with E-state index < -0.39 is 0 Å². The molecule has 1 heteroatoms. The van der Waals surface area contributed by atoms with Gasteiger partial charge >= 0.3 is 0 Å². The van der Waals surface area contributed by atoms with Gasteiger partial charge in [-0.25, -0.2) is 0 Å². The van der Waals surface area contributed by atoms with Crippen LogP contribution in [-0.2, 0) is 12.8 Å². The van der Waals surface area contributed by atoms with Crippen molar-refractivity contribution in [3.8, 4) is 11.3 Å². The molecule has 0 bridgehead atoms. The van der Waals surface area contributed by atoms with E-state index in [0.717, 1.165) is 36.8 Å². The van der Waals surface area contributed by atoms with E-state index in [1.165, 1.54) is 93.7 Å². The summed E-state index contributed by atoms with van der Waals surface area (Å²) in [5.74, 6) is 1.84. The molecule has 1 heterocycles. The Kier molecular flexibility index (Phi) is 11.8. The second-order valence-electron chi connectivity index (χ2n) is 10.3. The summed E-state index contributed by atoms with van der Waals surface area (Å²) in [5.41, 5.74) is 5.10. The molecule has 0 spiro atoms. The van der Waals surface area contributed by atoms with Gasteiger partial charge in [0, 0.05) is 11.8 Å². The van der Waals surface area contributed by atoms with Crippen LogP contribution in [0.2, 0.25) is 0 Å². The second-order valence-corrected chi connectivity index (χ2v) is 10.3. The molecule has 0 N–H and O–H groups in total. The zero-order valence-corrected chi connectivity index (χ0v) is 21.4. The molecule has 0 saturated heterocycles. The van der Waals surface area contributed by atoms with E-state index >= 15 is 0 Å². The molecule has 0 unspecified atom stereocenters. The number of rotatable bonds is 14. The molecule has 0 amide bonds. The average Bonchev–Trinajstić information content (AvgIpc) is 2.86. The SMILES string of the molecule is CCCCCCc1ccc(-c2ccc(CC/C=C/[C@H]3CC[C@H](CCCCC)CC3)cc2)nc1. The largest absolute Gasteiger partial charge is 0.256 e. The Morgan fingerprint density at radius 3 is 2.18 bits per heavy atom. The maximum atomic E-state index is 4.72. The van der Waals surface area contributed by atoms with Crippen molar-refractivity contribution in [2.45, 2.75) is 110 Å². The van der Waals surface area contributed by atoms with Crippen LogP contribution >= 0.6 is 0 Å². The van der Waals surface area contributed by atoms with E-state index in [9.17, 15) is 0 Å². The van der Waals surface area contributed by atoms with Crippen molar-refractivity contribution in [3.05, 3.63) is 65.9 Å². The Hall–Kier alpha value is -1.89. The topological polar surface area (TPSA) is 12.9 Å². The van der Waals surface area contributed by atoms with Gasteiger partial charge < -0.3 is 0 Å². The molecule has 0 aliphatic heterocycles. The highest BCUT2D eigenvalue weighted by molar-refractivity contribution is 5.59. The van der Waals surface area contributed by atoms with Gasteiger partial charge in [-0.05, 0) is 80.4 Å². The first-order valence-corrected chi connectivity index (χ1v) is 14.0. The van der Waals surface area contributed by atoms with E-state index in [0.29, 0.717) is 0 Å². The van der Waals surface area contributed by atoms with Crippen molar-refractivity contribution in [2.24, 2.45) is 11.8 Å². The van der Waals surface area contributed by atoms with Crippen molar-refractivity contribution in [2.75, 3.05) is 0 Å². The molecule has 2 aromatic rings. The summed E-state index contributed by atoms with van der Waals surface area (Å²) >= 11 is 0. The van der Waals surface area contributed by atoms with Gasteiger partial charge in [-0.1, -0.05) is 101 Å². The molecule has 180 valence electrons. The van der Waals surface area contributed by atoms with Crippen LogP contribution in [0.4, 0.5) is 0 Å². The molecule has 0 radical (unpaired) electrons. The third kappa shape index (κ3) is 9.48. The molecule has 1 fully saturated rings. The highest BCUT2D eigenvalue weighted by Crippen LogP contribution is 2.32. The highest BCUT2D eigenvalue weighted by Gasteiger charge is 2.18. The summed E-state index contributed by atoms with van der Waals surface area (Å²) in [7, 11) is 0. The number of benzene rings is 1. The molecule has 1 aromatic heterocycles. The number of allylic oxidation sites excluding steroid dienone is 2. The molecule has 1 aromatic carbocycles. The maximum Gasteiger partial charge on any atom is 0.0702 e. The minimum Gasteiger partial charge on any atom is -0.256 e.